The Hall–Kier alpha value is -1.52. The maximum absolute atomic E-state index is 6.28. The number of hydrogen-bond acceptors (Lipinski definition) is 4. The van der Waals surface area contributed by atoms with Crippen LogP contribution in [0.2, 0.25) is 5.02 Å². The molecule has 1 fully saturated rings. The van der Waals surface area contributed by atoms with Gasteiger partial charge in [-0.05, 0) is 38.4 Å². The molecule has 1 atom stereocenters. The number of likely N-dealkylation sites (N-methyl/N-ethyl adjacent to an activating group) is 1. The van der Waals surface area contributed by atoms with Crippen LogP contribution in [0.15, 0.2) is 41.7 Å². The topological polar surface area (TPSA) is 65.9 Å². The van der Waals surface area contributed by atoms with Gasteiger partial charge in [0.25, 0.3) is 0 Å². The number of aryl methyl sites for hydroxylation is 1. The first-order chi connectivity index (χ1) is 12.9. The largest absolute Gasteiger partial charge is 0.370 e. The summed E-state index contributed by atoms with van der Waals surface area (Å²) in [4.78, 5) is 11.3. The van der Waals surface area contributed by atoms with Crippen molar-refractivity contribution in [3.8, 4) is 0 Å². The van der Waals surface area contributed by atoms with Gasteiger partial charge in [-0.3, -0.25) is 9.67 Å². The Balaban J connectivity index is 0.00000280. The highest BCUT2D eigenvalue weighted by Crippen LogP contribution is 2.20. The van der Waals surface area contributed by atoms with Gasteiger partial charge in [0.2, 0.25) is 0 Å². The highest BCUT2D eigenvalue weighted by atomic mass is 127. The van der Waals surface area contributed by atoms with Gasteiger partial charge in [0.1, 0.15) is 0 Å². The number of halogens is 2. The first-order valence-electron chi connectivity index (χ1n) is 9.14. The number of piperazine rings is 1. The van der Waals surface area contributed by atoms with Gasteiger partial charge >= 0.3 is 0 Å². The summed E-state index contributed by atoms with van der Waals surface area (Å²) in [5.74, 6) is 0.612. The molecule has 28 heavy (non-hydrogen) atoms. The van der Waals surface area contributed by atoms with E-state index in [2.05, 4.69) is 36.9 Å². The van der Waals surface area contributed by atoms with Crippen LogP contribution in [0, 0.1) is 0 Å². The number of benzene rings is 1. The van der Waals surface area contributed by atoms with Crippen LogP contribution in [-0.4, -0.2) is 72.4 Å². The molecule has 0 amide bonds. The van der Waals surface area contributed by atoms with Crippen LogP contribution < -0.4 is 10.6 Å². The minimum atomic E-state index is 0. The number of aliphatic imine (C=N–C) groups is 1. The third-order valence-electron chi connectivity index (χ3n) is 4.95. The van der Waals surface area contributed by atoms with Gasteiger partial charge in [0, 0.05) is 55.7 Å². The Morgan fingerprint density at radius 1 is 1.21 bits per heavy atom. The summed E-state index contributed by atoms with van der Waals surface area (Å²) in [6, 6.07) is 8.14. The van der Waals surface area contributed by atoms with Crippen molar-refractivity contribution in [1.82, 2.24) is 19.6 Å². The second kappa shape index (κ2) is 10.3. The van der Waals surface area contributed by atoms with Gasteiger partial charge in [-0.2, -0.15) is 5.10 Å². The SMILES string of the molecule is CN(C)C(CN=C(N)N1CCN(c2ccc(Cl)cc2)CC1)c1cnn(C)c1.I. The number of rotatable bonds is 5. The first kappa shape index (κ1) is 22.8. The molecule has 0 radical (unpaired) electrons. The number of hydrogen-bond donors (Lipinski definition) is 1. The third-order valence-corrected chi connectivity index (χ3v) is 5.21. The summed E-state index contributed by atoms with van der Waals surface area (Å²) in [5, 5.41) is 5.03. The van der Waals surface area contributed by atoms with E-state index in [1.807, 2.05) is 50.4 Å². The second-order valence-electron chi connectivity index (χ2n) is 7.08. The van der Waals surface area contributed by atoms with Crippen molar-refractivity contribution < 1.29 is 0 Å². The smallest absolute Gasteiger partial charge is 0.191 e. The minimum absolute atomic E-state index is 0. The molecule has 1 saturated heterocycles. The van der Waals surface area contributed by atoms with Crippen LogP contribution in [0.5, 0.6) is 0 Å². The fraction of sp³-hybridized carbons (Fsp3) is 0.474. The van der Waals surface area contributed by atoms with Crippen LogP contribution in [0.3, 0.4) is 0 Å². The lowest BCUT2D eigenvalue weighted by Crippen LogP contribution is -2.51. The molecule has 1 unspecified atom stereocenters. The van der Waals surface area contributed by atoms with E-state index in [1.54, 1.807) is 0 Å². The highest BCUT2D eigenvalue weighted by molar-refractivity contribution is 14.0. The van der Waals surface area contributed by atoms with Crippen LogP contribution >= 0.6 is 35.6 Å². The van der Waals surface area contributed by atoms with E-state index in [1.165, 1.54) is 5.69 Å². The fourth-order valence-corrected chi connectivity index (χ4v) is 3.43. The number of nitrogens with zero attached hydrogens (tertiary/aromatic N) is 6. The predicted octanol–water partition coefficient (Wildman–Crippen LogP) is 2.43. The monoisotopic (exact) mass is 517 g/mol. The normalized spacial score (nSPS) is 16.2. The van der Waals surface area contributed by atoms with E-state index in [0.29, 0.717) is 12.5 Å². The molecule has 1 aromatic carbocycles. The Bertz CT molecular complexity index is 767. The molecular formula is C19H29ClIN7. The molecule has 0 aliphatic carbocycles. The Morgan fingerprint density at radius 3 is 2.39 bits per heavy atom. The molecule has 154 valence electrons. The quantitative estimate of drug-likeness (QED) is 0.375. The predicted molar refractivity (Wildman–Crippen MR) is 127 cm³/mol. The van der Waals surface area contributed by atoms with E-state index in [0.717, 1.165) is 36.8 Å². The van der Waals surface area contributed by atoms with E-state index < -0.39 is 0 Å². The van der Waals surface area contributed by atoms with E-state index in [4.69, 9.17) is 17.3 Å². The van der Waals surface area contributed by atoms with Crippen molar-refractivity contribution in [2.24, 2.45) is 17.8 Å². The molecule has 2 heterocycles. The van der Waals surface area contributed by atoms with Crippen LogP contribution in [0.4, 0.5) is 5.69 Å². The third kappa shape index (κ3) is 5.74. The van der Waals surface area contributed by atoms with Crippen molar-refractivity contribution in [1.29, 1.82) is 0 Å². The second-order valence-corrected chi connectivity index (χ2v) is 7.51. The summed E-state index contributed by atoms with van der Waals surface area (Å²) >= 11 is 5.98. The Labute approximate surface area is 189 Å². The molecule has 1 aliphatic heterocycles. The van der Waals surface area contributed by atoms with E-state index in [9.17, 15) is 0 Å². The van der Waals surface area contributed by atoms with Crippen molar-refractivity contribution in [3.05, 3.63) is 47.2 Å². The van der Waals surface area contributed by atoms with Gasteiger partial charge in [0.05, 0.1) is 18.8 Å². The van der Waals surface area contributed by atoms with E-state index >= 15 is 0 Å². The molecule has 2 aromatic rings. The van der Waals surface area contributed by atoms with Gasteiger partial charge in [0.15, 0.2) is 5.96 Å². The van der Waals surface area contributed by atoms with Gasteiger partial charge in [-0.25, -0.2) is 0 Å². The summed E-state index contributed by atoms with van der Waals surface area (Å²) in [7, 11) is 6.02. The average Bonchev–Trinajstić information content (AvgIpc) is 3.08. The summed E-state index contributed by atoms with van der Waals surface area (Å²) in [6.07, 6.45) is 3.92. The lowest BCUT2D eigenvalue weighted by Gasteiger charge is -2.36. The number of aromatic nitrogens is 2. The van der Waals surface area contributed by atoms with Crippen molar-refractivity contribution in [3.63, 3.8) is 0 Å². The molecular weight excluding hydrogens is 489 g/mol. The Kier molecular flexibility index (Phi) is 8.38. The standard InChI is InChI=1S/C19H28ClN7.HI/c1-24(2)18(15-12-23-25(3)14-15)13-22-19(21)27-10-8-26(9-11-27)17-6-4-16(20)5-7-17;/h4-7,12,14,18H,8-11,13H2,1-3H3,(H2,21,22);1H. The molecule has 9 heteroatoms. The molecule has 0 bridgehead atoms. The van der Waals surface area contributed by atoms with Gasteiger partial charge in [-0.1, -0.05) is 11.6 Å². The van der Waals surface area contributed by atoms with Crippen molar-refractivity contribution in [2.75, 3.05) is 51.7 Å². The molecule has 3 rings (SSSR count). The zero-order valence-electron chi connectivity index (χ0n) is 16.6. The lowest BCUT2D eigenvalue weighted by molar-refractivity contribution is 0.304. The lowest BCUT2D eigenvalue weighted by atomic mass is 10.1. The van der Waals surface area contributed by atoms with Crippen LogP contribution in [0.25, 0.3) is 0 Å². The van der Waals surface area contributed by atoms with Crippen LogP contribution in [0.1, 0.15) is 11.6 Å². The molecule has 0 saturated carbocycles. The highest BCUT2D eigenvalue weighted by Gasteiger charge is 2.20. The minimum Gasteiger partial charge on any atom is -0.370 e. The molecule has 2 N–H and O–H groups in total. The Morgan fingerprint density at radius 2 is 1.86 bits per heavy atom. The van der Waals surface area contributed by atoms with Crippen molar-refractivity contribution in [2.45, 2.75) is 6.04 Å². The molecule has 0 spiro atoms. The summed E-state index contributed by atoms with van der Waals surface area (Å²) in [5.41, 5.74) is 8.62. The van der Waals surface area contributed by atoms with Gasteiger partial charge < -0.3 is 20.4 Å². The van der Waals surface area contributed by atoms with Crippen LogP contribution in [-0.2, 0) is 7.05 Å². The molecule has 1 aromatic heterocycles. The fourth-order valence-electron chi connectivity index (χ4n) is 3.30. The van der Waals surface area contributed by atoms with Gasteiger partial charge in [-0.15, -0.1) is 24.0 Å². The maximum Gasteiger partial charge on any atom is 0.191 e. The zero-order valence-corrected chi connectivity index (χ0v) is 19.7. The van der Waals surface area contributed by atoms with Crippen molar-refractivity contribution >= 4 is 47.2 Å². The first-order valence-corrected chi connectivity index (χ1v) is 9.52. The zero-order chi connectivity index (χ0) is 19.4. The average molecular weight is 518 g/mol. The molecule has 7 nitrogen and oxygen atoms in total. The summed E-state index contributed by atoms with van der Waals surface area (Å²) in [6.45, 7) is 4.16. The van der Waals surface area contributed by atoms with E-state index in [-0.39, 0.29) is 30.0 Å². The number of nitrogens with two attached hydrogens (primary N) is 1. The summed E-state index contributed by atoms with van der Waals surface area (Å²) < 4.78 is 1.81. The molecule has 1 aliphatic rings. The maximum atomic E-state index is 6.28. The number of anilines is 1. The number of guanidine groups is 1.